The van der Waals surface area contributed by atoms with Crippen molar-refractivity contribution in [3.8, 4) is 11.3 Å². The van der Waals surface area contributed by atoms with Crippen LogP contribution in [-0.4, -0.2) is 53.6 Å². The number of carbonyl (C=O) groups excluding carboxylic acids is 1. The summed E-state index contributed by atoms with van der Waals surface area (Å²) in [4.78, 5) is 30.3. The molecule has 0 aliphatic carbocycles. The number of nitrogens with zero attached hydrogens (tertiary/aromatic N) is 6. The van der Waals surface area contributed by atoms with E-state index in [0.29, 0.717) is 18.8 Å². The van der Waals surface area contributed by atoms with E-state index >= 15 is 0 Å². The molecule has 4 aromatic rings. The molecule has 1 saturated heterocycles. The van der Waals surface area contributed by atoms with E-state index in [-0.39, 0.29) is 11.9 Å². The number of amides is 1. The van der Waals surface area contributed by atoms with E-state index in [4.69, 9.17) is 0 Å². The molecule has 1 aliphatic heterocycles. The Labute approximate surface area is 154 Å². The summed E-state index contributed by atoms with van der Waals surface area (Å²) in [5.74, 6) is -0.0350. The van der Waals surface area contributed by atoms with Crippen molar-refractivity contribution in [3.63, 3.8) is 0 Å². The zero-order chi connectivity index (χ0) is 18.4. The summed E-state index contributed by atoms with van der Waals surface area (Å²) in [5, 5.41) is 5.44. The van der Waals surface area contributed by atoms with Crippen LogP contribution in [0.3, 0.4) is 0 Å². The first-order valence-corrected chi connectivity index (χ1v) is 8.74. The lowest BCUT2D eigenvalue weighted by molar-refractivity contribution is 0.0495. The van der Waals surface area contributed by atoms with Crippen LogP contribution in [0.25, 0.3) is 22.3 Å². The quantitative estimate of drug-likeness (QED) is 0.605. The highest BCUT2D eigenvalue weighted by Crippen LogP contribution is 2.27. The molecule has 0 aromatic carbocycles. The second-order valence-electron chi connectivity index (χ2n) is 6.70. The number of likely N-dealkylation sites (tertiary alicyclic amines) is 1. The maximum atomic E-state index is 12.5. The van der Waals surface area contributed by atoms with Crippen LogP contribution in [-0.2, 0) is 0 Å². The molecule has 0 radical (unpaired) electrons. The molecule has 8 heteroatoms. The predicted octanol–water partition coefficient (Wildman–Crippen LogP) is 2.22. The molecule has 5 rings (SSSR count). The number of carbonyl (C=O) groups is 1. The van der Waals surface area contributed by atoms with Crippen molar-refractivity contribution in [1.82, 2.24) is 34.6 Å². The van der Waals surface area contributed by atoms with Crippen LogP contribution in [0.1, 0.15) is 22.2 Å². The fourth-order valence-electron chi connectivity index (χ4n) is 3.38. The molecule has 1 amide bonds. The van der Waals surface area contributed by atoms with Crippen molar-refractivity contribution in [1.29, 1.82) is 0 Å². The average molecular weight is 359 g/mol. The van der Waals surface area contributed by atoms with Gasteiger partial charge >= 0.3 is 0 Å². The first-order valence-electron chi connectivity index (χ1n) is 8.74. The van der Waals surface area contributed by atoms with Crippen LogP contribution < -0.4 is 0 Å². The third kappa shape index (κ3) is 2.66. The Morgan fingerprint density at radius 1 is 1.22 bits per heavy atom. The lowest BCUT2D eigenvalue weighted by Crippen LogP contribution is -2.51. The zero-order valence-corrected chi connectivity index (χ0v) is 14.7. The third-order valence-corrected chi connectivity index (χ3v) is 4.86. The van der Waals surface area contributed by atoms with Gasteiger partial charge in [-0.05, 0) is 25.1 Å². The van der Waals surface area contributed by atoms with Gasteiger partial charge in [-0.1, -0.05) is 6.07 Å². The van der Waals surface area contributed by atoms with Crippen LogP contribution in [0.4, 0.5) is 0 Å². The number of aromatic amines is 1. The summed E-state index contributed by atoms with van der Waals surface area (Å²) < 4.78 is 1.91. The molecule has 8 nitrogen and oxygen atoms in total. The number of hydrogen-bond donors (Lipinski definition) is 1. The van der Waals surface area contributed by atoms with Crippen molar-refractivity contribution < 1.29 is 4.79 Å². The van der Waals surface area contributed by atoms with Crippen LogP contribution in [0, 0.1) is 6.92 Å². The SMILES string of the molecule is Cc1cccc(C(=O)N2CC(n3cc(-c4ncnc5[nH]ccc45)cn3)C2)n1. The number of H-pyrrole nitrogens is 1. The number of aromatic nitrogens is 6. The first-order chi connectivity index (χ1) is 13.2. The summed E-state index contributed by atoms with van der Waals surface area (Å²) in [5.41, 5.74) is 3.93. The molecule has 1 aliphatic rings. The Kier molecular flexibility index (Phi) is 3.49. The highest BCUT2D eigenvalue weighted by molar-refractivity contribution is 5.93. The minimum absolute atomic E-state index is 0.0350. The fraction of sp³-hybridized carbons (Fsp3) is 0.211. The van der Waals surface area contributed by atoms with Crippen molar-refractivity contribution in [2.75, 3.05) is 13.1 Å². The van der Waals surface area contributed by atoms with Gasteiger partial charge in [0, 0.05) is 42.1 Å². The zero-order valence-electron chi connectivity index (χ0n) is 14.7. The summed E-state index contributed by atoms with van der Waals surface area (Å²) in [7, 11) is 0. The van der Waals surface area contributed by atoms with Gasteiger partial charge in [0.15, 0.2) is 0 Å². The molecule has 0 atom stereocenters. The van der Waals surface area contributed by atoms with Crippen molar-refractivity contribution in [2.45, 2.75) is 13.0 Å². The summed E-state index contributed by atoms with van der Waals surface area (Å²) in [6, 6.07) is 7.62. The molecule has 0 bridgehead atoms. The Bertz CT molecular complexity index is 1140. The topological polar surface area (TPSA) is 92.6 Å². The number of aryl methyl sites for hydroxylation is 1. The lowest BCUT2D eigenvalue weighted by atomic mass is 10.1. The second kappa shape index (κ2) is 6.01. The minimum atomic E-state index is -0.0350. The molecule has 0 spiro atoms. The number of pyridine rings is 1. The Hall–Kier alpha value is -3.55. The van der Waals surface area contributed by atoms with Gasteiger partial charge in [-0.25, -0.2) is 15.0 Å². The van der Waals surface area contributed by atoms with Crippen LogP contribution >= 0.6 is 0 Å². The third-order valence-electron chi connectivity index (χ3n) is 4.86. The summed E-state index contributed by atoms with van der Waals surface area (Å²) >= 11 is 0. The lowest BCUT2D eigenvalue weighted by Gasteiger charge is -2.38. The first kappa shape index (κ1) is 15.7. The van der Waals surface area contributed by atoms with Crippen LogP contribution in [0.5, 0.6) is 0 Å². The molecule has 27 heavy (non-hydrogen) atoms. The minimum Gasteiger partial charge on any atom is -0.346 e. The standard InChI is InChI=1S/C19H17N7O/c1-12-3-2-4-16(24-12)19(27)25-9-14(10-25)26-8-13(7-23-26)17-15-5-6-20-18(15)22-11-21-17/h2-8,11,14H,9-10H2,1H3,(H,20,21,22). The van der Waals surface area contributed by atoms with E-state index in [9.17, 15) is 4.79 Å². The largest absolute Gasteiger partial charge is 0.346 e. The highest BCUT2D eigenvalue weighted by atomic mass is 16.2. The van der Waals surface area contributed by atoms with Gasteiger partial charge in [0.05, 0.1) is 17.9 Å². The van der Waals surface area contributed by atoms with E-state index in [1.165, 1.54) is 0 Å². The molecule has 4 aromatic heterocycles. The van der Waals surface area contributed by atoms with Gasteiger partial charge in [-0.2, -0.15) is 5.10 Å². The van der Waals surface area contributed by atoms with Gasteiger partial charge in [-0.3, -0.25) is 9.48 Å². The van der Waals surface area contributed by atoms with Crippen molar-refractivity contribution in [3.05, 3.63) is 60.6 Å². The number of nitrogens with one attached hydrogen (secondary N) is 1. The molecule has 1 fully saturated rings. The van der Waals surface area contributed by atoms with E-state index in [0.717, 1.165) is 28.0 Å². The molecular formula is C19H17N7O. The van der Waals surface area contributed by atoms with Gasteiger partial charge < -0.3 is 9.88 Å². The van der Waals surface area contributed by atoms with Gasteiger partial charge in [0.2, 0.25) is 0 Å². The smallest absolute Gasteiger partial charge is 0.272 e. The van der Waals surface area contributed by atoms with Crippen LogP contribution in [0.2, 0.25) is 0 Å². The summed E-state index contributed by atoms with van der Waals surface area (Å²) in [6.45, 7) is 3.13. The molecule has 1 N–H and O–H groups in total. The van der Waals surface area contributed by atoms with E-state index < -0.39 is 0 Å². The van der Waals surface area contributed by atoms with Crippen LogP contribution in [0.15, 0.2) is 49.2 Å². The van der Waals surface area contributed by atoms with E-state index in [2.05, 4.69) is 25.0 Å². The number of fused-ring (bicyclic) bond motifs is 1. The normalized spacial score (nSPS) is 14.5. The highest BCUT2D eigenvalue weighted by Gasteiger charge is 2.33. The second-order valence-corrected chi connectivity index (χ2v) is 6.70. The van der Waals surface area contributed by atoms with Gasteiger partial charge in [-0.15, -0.1) is 0 Å². The predicted molar refractivity (Wildman–Crippen MR) is 99.0 cm³/mol. The maximum absolute atomic E-state index is 12.5. The van der Waals surface area contributed by atoms with Gasteiger partial charge in [0.25, 0.3) is 5.91 Å². The molecule has 5 heterocycles. The Morgan fingerprint density at radius 3 is 2.96 bits per heavy atom. The monoisotopic (exact) mass is 359 g/mol. The maximum Gasteiger partial charge on any atom is 0.272 e. The number of rotatable bonds is 3. The average Bonchev–Trinajstić information content (AvgIpc) is 3.29. The van der Waals surface area contributed by atoms with Gasteiger partial charge in [0.1, 0.15) is 17.7 Å². The Balaban J connectivity index is 1.32. The van der Waals surface area contributed by atoms with E-state index in [1.807, 2.05) is 42.2 Å². The molecule has 134 valence electrons. The summed E-state index contributed by atoms with van der Waals surface area (Å²) in [6.07, 6.45) is 7.18. The number of hydrogen-bond acceptors (Lipinski definition) is 5. The molecular weight excluding hydrogens is 342 g/mol. The van der Waals surface area contributed by atoms with Crippen molar-refractivity contribution in [2.24, 2.45) is 0 Å². The fourth-order valence-corrected chi connectivity index (χ4v) is 3.38. The Morgan fingerprint density at radius 2 is 2.11 bits per heavy atom. The van der Waals surface area contributed by atoms with Crippen molar-refractivity contribution >= 4 is 16.9 Å². The molecule has 0 saturated carbocycles. The molecule has 0 unspecified atom stereocenters. The van der Waals surface area contributed by atoms with E-state index in [1.54, 1.807) is 23.5 Å².